The van der Waals surface area contributed by atoms with Crippen LogP contribution in [0.4, 0.5) is 0 Å². The Labute approximate surface area is 129 Å². The number of rotatable bonds is 3. The van der Waals surface area contributed by atoms with Gasteiger partial charge in [-0.25, -0.2) is 4.98 Å². The number of carbonyl (C=O) groups excluding carboxylic acids is 1. The number of carbonyl (C=O) groups is 1. The molecule has 0 saturated carbocycles. The van der Waals surface area contributed by atoms with E-state index in [9.17, 15) is 4.79 Å². The van der Waals surface area contributed by atoms with Crippen LogP contribution in [0.1, 0.15) is 25.8 Å². The fourth-order valence-electron chi connectivity index (χ4n) is 2.05. The number of hydrogen-bond acceptors (Lipinski definition) is 4. The second kappa shape index (κ2) is 5.16. The van der Waals surface area contributed by atoms with Crippen molar-refractivity contribution in [2.75, 3.05) is 0 Å². The fourth-order valence-corrected chi connectivity index (χ4v) is 3.98. The zero-order chi connectivity index (χ0) is 14.3. The largest absolute Gasteiger partial charge is 0.289 e. The van der Waals surface area contributed by atoms with Crippen LogP contribution in [-0.4, -0.2) is 15.2 Å². The highest BCUT2D eigenvalue weighted by molar-refractivity contribution is 7.15. The van der Waals surface area contributed by atoms with Gasteiger partial charge in [-0.3, -0.25) is 9.20 Å². The Bertz CT molecular complexity index is 826. The lowest BCUT2D eigenvalue weighted by Gasteiger charge is -1.94. The van der Waals surface area contributed by atoms with E-state index in [1.54, 1.807) is 23.5 Å². The van der Waals surface area contributed by atoms with Crippen LogP contribution < -0.4 is 0 Å². The normalized spacial score (nSPS) is 11.8. The standard InChI is InChI=1S/C14H11ClN2OS2/c1-8-7-10(9(2)20-8)12(18)4-3-11-13(15)16-14-17(11)5-6-19-14/h3-7H,1-2H3/b4-3+. The predicted octanol–water partition coefficient (Wildman–Crippen LogP) is 4.62. The summed E-state index contributed by atoms with van der Waals surface area (Å²) < 4.78 is 1.88. The Morgan fingerprint density at radius 2 is 2.25 bits per heavy atom. The van der Waals surface area contributed by atoms with Crippen molar-refractivity contribution < 1.29 is 4.79 Å². The molecule has 0 amide bonds. The summed E-state index contributed by atoms with van der Waals surface area (Å²) in [6.45, 7) is 3.96. The molecule has 0 aliphatic heterocycles. The molecule has 3 heterocycles. The minimum atomic E-state index is -0.00639. The summed E-state index contributed by atoms with van der Waals surface area (Å²) in [5.41, 5.74) is 1.49. The quantitative estimate of drug-likeness (QED) is 0.520. The van der Waals surface area contributed by atoms with Crippen LogP contribution in [0.15, 0.2) is 23.7 Å². The maximum absolute atomic E-state index is 12.2. The van der Waals surface area contributed by atoms with E-state index in [1.165, 1.54) is 11.3 Å². The van der Waals surface area contributed by atoms with E-state index in [4.69, 9.17) is 11.6 Å². The smallest absolute Gasteiger partial charge is 0.195 e. The van der Waals surface area contributed by atoms with Gasteiger partial charge in [-0.1, -0.05) is 11.6 Å². The summed E-state index contributed by atoms with van der Waals surface area (Å²) in [5.74, 6) is -0.00639. The van der Waals surface area contributed by atoms with Crippen molar-refractivity contribution >= 4 is 51.1 Å². The van der Waals surface area contributed by atoms with Gasteiger partial charge in [0.25, 0.3) is 0 Å². The van der Waals surface area contributed by atoms with E-state index in [0.717, 1.165) is 26.0 Å². The first kappa shape index (κ1) is 13.5. The lowest BCUT2D eigenvalue weighted by molar-refractivity contribution is 0.104. The molecule has 0 spiro atoms. The summed E-state index contributed by atoms with van der Waals surface area (Å²) in [6, 6.07) is 1.92. The van der Waals surface area contributed by atoms with E-state index >= 15 is 0 Å². The Hall–Kier alpha value is -1.43. The van der Waals surface area contributed by atoms with Crippen molar-refractivity contribution in [1.29, 1.82) is 0 Å². The topological polar surface area (TPSA) is 34.4 Å². The molecule has 3 nitrogen and oxygen atoms in total. The van der Waals surface area contributed by atoms with Gasteiger partial charge >= 0.3 is 0 Å². The number of imidazole rings is 1. The molecule has 0 aliphatic carbocycles. The number of aromatic nitrogens is 2. The molecule has 20 heavy (non-hydrogen) atoms. The van der Waals surface area contributed by atoms with Gasteiger partial charge in [0, 0.05) is 26.9 Å². The van der Waals surface area contributed by atoms with Gasteiger partial charge in [-0.15, -0.1) is 22.7 Å². The van der Waals surface area contributed by atoms with Gasteiger partial charge in [-0.05, 0) is 32.1 Å². The molecule has 3 aromatic heterocycles. The number of aryl methyl sites for hydroxylation is 2. The first-order chi connectivity index (χ1) is 9.56. The Morgan fingerprint density at radius 1 is 1.45 bits per heavy atom. The lowest BCUT2D eigenvalue weighted by atomic mass is 10.1. The number of thiazole rings is 1. The molecular formula is C14H11ClN2OS2. The highest BCUT2D eigenvalue weighted by atomic mass is 35.5. The second-order valence-electron chi connectivity index (χ2n) is 4.37. The average molecular weight is 323 g/mol. The number of halogens is 1. The molecule has 0 radical (unpaired) electrons. The zero-order valence-electron chi connectivity index (χ0n) is 10.9. The van der Waals surface area contributed by atoms with Crippen molar-refractivity contribution in [2.45, 2.75) is 13.8 Å². The van der Waals surface area contributed by atoms with E-state index in [0.29, 0.717) is 5.15 Å². The molecule has 0 bridgehead atoms. The molecule has 0 saturated heterocycles. The highest BCUT2D eigenvalue weighted by Crippen LogP contribution is 2.24. The van der Waals surface area contributed by atoms with E-state index in [-0.39, 0.29) is 5.78 Å². The maximum Gasteiger partial charge on any atom is 0.195 e. The molecule has 0 fully saturated rings. The highest BCUT2D eigenvalue weighted by Gasteiger charge is 2.11. The van der Waals surface area contributed by atoms with Crippen LogP contribution in [0.2, 0.25) is 5.15 Å². The van der Waals surface area contributed by atoms with Gasteiger partial charge in [0.2, 0.25) is 0 Å². The maximum atomic E-state index is 12.2. The molecular weight excluding hydrogens is 312 g/mol. The molecule has 0 aliphatic rings. The van der Waals surface area contributed by atoms with Gasteiger partial charge < -0.3 is 0 Å². The summed E-state index contributed by atoms with van der Waals surface area (Å²) >= 11 is 9.23. The zero-order valence-corrected chi connectivity index (χ0v) is 13.3. The lowest BCUT2D eigenvalue weighted by Crippen LogP contribution is -1.94. The average Bonchev–Trinajstić information content (AvgIpc) is 3.02. The van der Waals surface area contributed by atoms with Gasteiger partial charge in [-0.2, -0.15) is 0 Å². The third kappa shape index (κ3) is 2.32. The first-order valence-corrected chi connectivity index (χ1v) is 8.04. The summed E-state index contributed by atoms with van der Waals surface area (Å²) in [7, 11) is 0. The monoisotopic (exact) mass is 322 g/mol. The minimum absolute atomic E-state index is 0.00639. The molecule has 0 aromatic carbocycles. The van der Waals surface area contributed by atoms with Crippen LogP contribution in [-0.2, 0) is 0 Å². The summed E-state index contributed by atoms with van der Waals surface area (Å²) in [5, 5.41) is 2.35. The van der Waals surface area contributed by atoms with Crippen LogP contribution in [0.3, 0.4) is 0 Å². The molecule has 102 valence electrons. The number of nitrogens with zero attached hydrogens (tertiary/aromatic N) is 2. The SMILES string of the molecule is Cc1cc(C(=O)/C=C/c2c(Cl)nc3sccn23)c(C)s1. The van der Waals surface area contributed by atoms with Crippen molar-refractivity contribution in [1.82, 2.24) is 9.38 Å². The van der Waals surface area contributed by atoms with E-state index in [1.807, 2.05) is 35.9 Å². The minimum Gasteiger partial charge on any atom is -0.289 e. The number of allylic oxidation sites excluding steroid dienone is 1. The predicted molar refractivity (Wildman–Crippen MR) is 85.2 cm³/mol. The third-order valence-electron chi connectivity index (χ3n) is 2.95. The molecule has 6 heteroatoms. The van der Waals surface area contributed by atoms with E-state index < -0.39 is 0 Å². The Balaban J connectivity index is 1.94. The van der Waals surface area contributed by atoms with Gasteiger partial charge in [0.15, 0.2) is 15.9 Å². The molecule has 0 N–H and O–H groups in total. The van der Waals surface area contributed by atoms with Crippen molar-refractivity contribution in [2.24, 2.45) is 0 Å². The van der Waals surface area contributed by atoms with Crippen molar-refractivity contribution in [3.63, 3.8) is 0 Å². The molecule has 3 aromatic rings. The van der Waals surface area contributed by atoms with Crippen molar-refractivity contribution in [3.8, 4) is 0 Å². The van der Waals surface area contributed by atoms with Crippen LogP contribution in [0, 0.1) is 13.8 Å². The van der Waals surface area contributed by atoms with Crippen LogP contribution in [0.25, 0.3) is 11.0 Å². The summed E-state index contributed by atoms with van der Waals surface area (Å²) in [4.78, 5) is 19.4. The number of hydrogen-bond donors (Lipinski definition) is 0. The van der Waals surface area contributed by atoms with Gasteiger partial charge in [0.05, 0.1) is 5.69 Å². The number of fused-ring (bicyclic) bond motifs is 1. The van der Waals surface area contributed by atoms with Gasteiger partial charge in [0.1, 0.15) is 0 Å². The van der Waals surface area contributed by atoms with Crippen LogP contribution in [0.5, 0.6) is 0 Å². The number of ketones is 1. The summed E-state index contributed by atoms with van der Waals surface area (Å²) in [6.07, 6.45) is 5.17. The Morgan fingerprint density at radius 3 is 2.95 bits per heavy atom. The van der Waals surface area contributed by atoms with E-state index in [2.05, 4.69) is 4.98 Å². The number of thiophene rings is 1. The first-order valence-electron chi connectivity index (χ1n) is 5.97. The second-order valence-corrected chi connectivity index (χ2v) is 7.06. The van der Waals surface area contributed by atoms with Crippen molar-refractivity contribution in [3.05, 3.63) is 49.9 Å². The Kier molecular flexibility index (Phi) is 3.50. The molecule has 3 rings (SSSR count). The fraction of sp³-hybridized carbons (Fsp3) is 0.143. The molecule has 0 atom stereocenters. The third-order valence-corrected chi connectivity index (χ3v) is 4.95. The van der Waals surface area contributed by atoms with Crippen LogP contribution >= 0.6 is 34.3 Å². The molecule has 0 unspecified atom stereocenters.